The number of hydrogen-bond acceptors (Lipinski definition) is 5. The maximum absolute atomic E-state index is 14.4. The first-order chi connectivity index (χ1) is 15.2. The summed E-state index contributed by atoms with van der Waals surface area (Å²) < 4.78 is 68.0. The Morgan fingerprint density at radius 1 is 1.16 bits per heavy atom. The molecule has 0 spiro atoms. The first-order valence-corrected chi connectivity index (χ1v) is 10.2. The Bertz CT molecular complexity index is 1360. The van der Waals surface area contributed by atoms with E-state index in [9.17, 15) is 27.2 Å². The number of anilines is 1. The molecule has 0 fully saturated rings. The number of nitrogens with zero attached hydrogens (tertiary/aromatic N) is 4. The third-order valence-corrected chi connectivity index (χ3v) is 5.89. The van der Waals surface area contributed by atoms with Crippen molar-refractivity contribution in [3.63, 3.8) is 0 Å². The van der Waals surface area contributed by atoms with Crippen molar-refractivity contribution < 1.29 is 22.0 Å². The second kappa shape index (κ2) is 8.37. The molecular weight excluding hydrogens is 473 g/mol. The number of nitrogens with one attached hydrogen (secondary N) is 1. The van der Waals surface area contributed by atoms with E-state index in [4.69, 9.17) is 11.6 Å². The van der Waals surface area contributed by atoms with Gasteiger partial charge in [-0.05, 0) is 18.2 Å². The fourth-order valence-corrected chi connectivity index (χ4v) is 4.28. The van der Waals surface area contributed by atoms with E-state index in [0.29, 0.717) is 16.4 Å². The van der Waals surface area contributed by atoms with E-state index in [0.717, 1.165) is 28.8 Å². The van der Waals surface area contributed by atoms with Crippen LogP contribution < -0.4 is 5.32 Å². The van der Waals surface area contributed by atoms with Gasteiger partial charge in [-0.15, -0.1) is 11.3 Å². The number of fused-ring (bicyclic) bond motifs is 1. The summed E-state index contributed by atoms with van der Waals surface area (Å²) in [7, 11) is 0. The van der Waals surface area contributed by atoms with Crippen molar-refractivity contribution in [1.29, 1.82) is 5.26 Å². The zero-order valence-corrected chi connectivity index (χ0v) is 17.4. The predicted octanol–water partition coefficient (Wildman–Crippen LogP) is 6.09. The first-order valence-electron chi connectivity index (χ1n) is 8.98. The molecule has 5 nitrogen and oxygen atoms in total. The van der Waals surface area contributed by atoms with Crippen LogP contribution in [0.4, 0.5) is 27.8 Å². The second-order valence-corrected chi connectivity index (χ2v) is 7.94. The summed E-state index contributed by atoms with van der Waals surface area (Å²) in [6.07, 6.45) is -3.25. The van der Waals surface area contributed by atoms with Gasteiger partial charge in [0, 0.05) is 29.9 Å². The Labute approximate surface area is 186 Å². The van der Waals surface area contributed by atoms with E-state index in [1.807, 2.05) is 6.07 Å². The molecule has 1 aromatic carbocycles. The van der Waals surface area contributed by atoms with Crippen molar-refractivity contribution in [2.75, 3.05) is 11.9 Å². The summed E-state index contributed by atoms with van der Waals surface area (Å²) in [6, 6.07) is 6.62. The van der Waals surface area contributed by atoms with E-state index in [1.165, 1.54) is 23.0 Å². The van der Waals surface area contributed by atoms with Gasteiger partial charge in [-0.2, -0.15) is 18.4 Å². The molecule has 0 saturated carbocycles. The molecule has 0 unspecified atom stereocenters. The van der Waals surface area contributed by atoms with Crippen molar-refractivity contribution in [2.45, 2.75) is 12.7 Å². The predicted molar refractivity (Wildman–Crippen MR) is 110 cm³/mol. The molecule has 0 radical (unpaired) electrons. The standard InChI is InChI=1S/C20H11ClF5N5S/c21-13-5-14(22)18(23)19-12(13)4-11(7-27)31(19)2-1-28-17-6-15(29-9-30-17)16-3-10(8-32-16)20(24,25)26/h3-6,8-9H,1-2H2,(H,28,29,30). The van der Waals surface area contributed by atoms with E-state index < -0.39 is 23.4 Å². The third-order valence-electron chi connectivity index (χ3n) is 4.63. The number of nitriles is 1. The van der Waals surface area contributed by atoms with Crippen LogP contribution in [0.2, 0.25) is 5.02 Å². The molecule has 0 aliphatic rings. The summed E-state index contributed by atoms with van der Waals surface area (Å²) in [6.45, 7) is 0.223. The Hall–Kier alpha value is -3.23. The molecule has 0 bridgehead atoms. The Morgan fingerprint density at radius 2 is 1.94 bits per heavy atom. The fourth-order valence-electron chi connectivity index (χ4n) is 3.16. The Balaban J connectivity index is 1.55. The SMILES string of the molecule is N#Cc1cc2c(Cl)cc(F)c(F)c2n1CCNc1cc(-c2cc(C(F)(F)F)cs2)ncn1. The molecule has 0 amide bonds. The minimum Gasteiger partial charge on any atom is -0.368 e. The molecule has 0 aliphatic heterocycles. The minimum absolute atomic E-state index is 0.0169. The molecule has 0 aliphatic carbocycles. The molecule has 12 heteroatoms. The van der Waals surface area contributed by atoms with Crippen LogP contribution in [0.5, 0.6) is 0 Å². The summed E-state index contributed by atoms with van der Waals surface area (Å²) in [5.74, 6) is -1.93. The lowest BCUT2D eigenvalue weighted by Crippen LogP contribution is -2.13. The van der Waals surface area contributed by atoms with E-state index in [1.54, 1.807) is 0 Å². The van der Waals surface area contributed by atoms with E-state index in [-0.39, 0.29) is 34.7 Å². The lowest BCUT2D eigenvalue weighted by Gasteiger charge is -2.10. The number of thiophene rings is 1. The molecule has 3 heterocycles. The third kappa shape index (κ3) is 4.11. The van der Waals surface area contributed by atoms with Crippen LogP contribution in [0.1, 0.15) is 11.3 Å². The lowest BCUT2D eigenvalue weighted by molar-refractivity contribution is -0.137. The monoisotopic (exact) mass is 483 g/mol. The van der Waals surface area contributed by atoms with Gasteiger partial charge in [0.15, 0.2) is 11.6 Å². The van der Waals surface area contributed by atoms with Gasteiger partial charge >= 0.3 is 6.18 Å². The van der Waals surface area contributed by atoms with Crippen LogP contribution in [0.3, 0.4) is 0 Å². The Kier molecular flexibility index (Phi) is 5.75. The van der Waals surface area contributed by atoms with Crippen LogP contribution >= 0.6 is 22.9 Å². The summed E-state index contributed by atoms with van der Waals surface area (Å²) in [4.78, 5) is 8.34. The molecule has 3 aromatic heterocycles. The number of hydrogen-bond donors (Lipinski definition) is 1. The number of aromatic nitrogens is 3. The van der Waals surface area contributed by atoms with E-state index in [2.05, 4.69) is 15.3 Å². The van der Waals surface area contributed by atoms with Crippen molar-refractivity contribution in [2.24, 2.45) is 0 Å². The first kappa shape index (κ1) is 22.0. The number of benzene rings is 1. The zero-order chi connectivity index (χ0) is 23.0. The number of alkyl halides is 3. The molecule has 4 aromatic rings. The summed E-state index contributed by atoms with van der Waals surface area (Å²) >= 11 is 6.88. The number of halogens is 6. The van der Waals surface area contributed by atoms with Crippen molar-refractivity contribution in [1.82, 2.24) is 14.5 Å². The van der Waals surface area contributed by atoms with Gasteiger partial charge in [0.05, 0.1) is 26.7 Å². The van der Waals surface area contributed by atoms with Gasteiger partial charge in [0.1, 0.15) is 23.9 Å². The van der Waals surface area contributed by atoms with Crippen LogP contribution in [0.25, 0.3) is 21.5 Å². The lowest BCUT2D eigenvalue weighted by atomic mass is 10.2. The van der Waals surface area contributed by atoms with Crippen LogP contribution in [0, 0.1) is 23.0 Å². The van der Waals surface area contributed by atoms with Gasteiger partial charge in [-0.1, -0.05) is 11.6 Å². The Morgan fingerprint density at radius 3 is 2.62 bits per heavy atom. The van der Waals surface area contributed by atoms with Crippen molar-refractivity contribution in [3.05, 3.63) is 63.9 Å². The van der Waals surface area contributed by atoms with Crippen molar-refractivity contribution in [3.8, 4) is 16.6 Å². The van der Waals surface area contributed by atoms with Crippen LogP contribution in [-0.4, -0.2) is 21.1 Å². The highest BCUT2D eigenvalue weighted by Crippen LogP contribution is 2.36. The fraction of sp³-hybridized carbons (Fsp3) is 0.150. The highest BCUT2D eigenvalue weighted by molar-refractivity contribution is 7.13. The molecule has 164 valence electrons. The summed E-state index contributed by atoms with van der Waals surface area (Å²) in [5, 5.41) is 13.5. The van der Waals surface area contributed by atoms with Gasteiger partial charge in [0.25, 0.3) is 0 Å². The topological polar surface area (TPSA) is 66.5 Å². The van der Waals surface area contributed by atoms with Crippen LogP contribution in [-0.2, 0) is 12.7 Å². The van der Waals surface area contributed by atoms with Crippen LogP contribution in [0.15, 0.2) is 36.0 Å². The average molecular weight is 484 g/mol. The van der Waals surface area contributed by atoms with E-state index >= 15 is 0 Å². The van der Waals surface area contributed by atoms with Gasteiger partial charge in [-0.25, -0.2) is 18.7 Å². The summed E-state index contributed by atoms with van der Waals surface area (Å²) in [5.41, 5.74) is -0.501. The minimum atomic E-state index is -4.45. The molecule has 0 atom stereocenters. The maximum Gasteiger partial charge on any atom is 0.417 e. The zero-order valence-electron chi connectivity index (χ0n) is 15.8. The maximum atomic E-state index is 14.4. The smallest absolute Gasteiger partial charge is 0.368 e. The van der Waals surface area contributed by atoms with Gasteiger partial charge in [-0.3, -0.25) is 0 Å². The molecule has 32 heavy (non-hydrogen) atoms. The molecular formula is C20H11ClF5N5S. The highest BCUT2D eigenvalue weighted by Gasteiger charge is 2.31. The number of rotatable bonds is 5. The molecule has 4 rings (SSSR count). The normalized spacial score (nSPS) is 11.7. The largest absolute Gasteiger partial charge is 0.417 e. The molecule has 0 saturated heterocycles. The highest BCUT2D eigenvalue weighted by atomic mass is 35.5. The second-order valence-electron chi connectivity index (χ2n) is 6.62. The van der Waals surface area contributed by atoms with Crippen molar-refractivity contribution >= 4 is 39.7 Å². The van der Waals surface area contributed by atoms with Gasteiger partial charge in [0.2, 0.25) is 0 Å². The van der Waals surface area contributed by atoms with Gasteiger partial charge < -0.3 is 9.88 Å². The average Bonchev–Trinajstić information content (AvgIpc) is 3.38. The quantitative estimate of drug-likeness (QED) is 0.275. The molecule has 1 N–H and O–H groups in total.